The van der Waals surface area contributed by atoms with Gasteiger partial charge in [0.25, 0.3) is 0 Å². The molecular weight excluding hydrogens is 318 g/mol. The van der Waals surface area contributed by atoms with Gasteiger partial charge in [-0.05, 0) is 25.8 Å². The van der Waals surface area contributed by atoms with E-state index >= 15 is 0 Å². The minimum Gasteiger partial charge on any atom is -0.342 e. The molecule has 7 heteroatoms. The van der Waals surface area contributed by atoms with Crippen LogP contribution in [0.2, 0.25) is 0 Å². The molecule has 2 aromatic rings. The third kappa shape index (κ3) is 3.65. The average molecular weight is 343 g/mol. The largest absolute Gasteiger partial charge is 0.342 e. The van der Waals surface area contributed by atoms with Crippen LogP contribution >= 0.6 is 0 Å². The standard InChI is InChI=1S/C18H25N5O2/c1-11(2)9-22-10-14(6-16(22)24)18(25)21-15-5-13-7-20-23(12(3)4)17(13)19-8-15/h5,7-8,11-12,14H,6,9-10H2,1-4H3,(H,21,25)/t14-/m1/s1. The highest BCUT2D eigenvalue weighted by Gasteiger charge is 2.34. The van der Waals surface area contributed by atoms with Gasteiger partial charge in [0.15, 0.2) is 5.65 Å². The molecule has 0 unspecified atom stereocenters. The number of pyridine rings is 1. The quantitative estimate of drug-likeness (QED) is 0.904. The second kappa shape index (κ2) is 6.82. The molecule has 7 nitrogen and oxygen atoms in total. The summed E-state index contributed by atoms with van der Waals surface area (Å²) in [6.45, 7) is 9.42. The highest BCUT2D eigenvalue weighted by atomic mass is 16.2. The fourth-order valence-corrected chi connectivity index (χ4v) is 3.20. The number of hydrogen-bond donors (Lipinski definition) is 1. The Labute approximate surface area is 147 Å². The Balaban J connectivity index is 1.69. The highest BCUT2D eigenvalue weighted by Crippen LogP contribution is 2.23. The molecule has 0 aliphatic carbocycles. The lowest BCUT2D eigenvalue weighted by atomic mass is 10.1. The number of anilines is 1. The molecule has 1 fully saturated rings. The summed E-state index contributed by atoms with van der Waals surface area (Å²) in [6, 6.07) is 2.09. The van der Waals surface area contributed by atoms with E-state index in [0.717, 1.165) is 11.0 Å². The van der Waals surface area contributed by atoms with Crippen LogP contribution in [0.5, 0.6) is 0 Å². The predicted octanol–water partition coefficient (Wildman–Crippen LogP) is 2.46. The minimum absolute atomic E-state index is 0.0561. The van der Waals surface area contributed by atoms with E-state index < -0.39 is 0 Å². The van der Waals surface area contributed by atoms with Gasteiger partial charge >= 0.3 is 0 Å². The third-order valence-electron chi connectivity index (χ3n) is 4.36. The maximum atomic E-state index is 12.5. The maximum Gasteiger partial charge on any atom is 0.229 e. The fourth-order valence-electron chi connectivity index (χ4n) is 3.20. The predicted molar refractivity (Wildman–Crippen MR) is 96.1 cm³/mol. The van der Waals surface area contributed by atoms with Crippen LogP contribution in [0.1, 0.15) is 40.2 Å². The summed E-state index contributed by atoms with van der Waals surface area (Å²) in [6.07, 6.45) is 3.67. The van der Waals surface area contributed by atoms with Gasteiger partial charge in [0, 0.05) is 30.9 Å². The van der Waals surface area contributed by atoms with E-state index in [1.807, 2.05) is 24.6 Å². The van der Waals surface area contributed by atoms with Gasteiger partial charge in [-0.3, -0.25) is 9.59 Å². The zero-order chi connectivity index (χ0) is 18.1. The molecule has 1 aliphatic heterocycles. The number of nitrogens with one attached hydrogen (secondary N) is 1. The zero-order valence-electron chi connectivity index (χ0n) is 15.2. The summed E-state index contributed by atoms with van der Waals surface area (Å²) in [5.74, 6) is 0.0211. The molecular formula is C18H25N5O2. The van der Waals surface area contributed by atoms with Crippen molar-refractivity contribution in [1.82, 2.24) is 19.7 Å². The first-order valence-corrected chi connectivity index (χ1v) is 8.77. The molecule has 25 heavy (non-hydrogen) atoms. The molecule has 3 heterocycles. The van der Waals surface area contributed by atoms with Crippen molar-refractivity contribution in [3.63, 3.8) is 0 Å². The van der Waals surface area contributed by atoms with E-state index in [-0.39, 0.29) is 30.2 Å². The van der Waals surface area contributed by atoms with Crippen molar-refractivity contribution in [2.45, 2.75) is 40.2 Å². The first-order valence-electron chi connectivity index (χ1n) is 8.77. The van der Waals surface area contributed by atoms with Gasteiger partial charge in [-0.2, -0.15) is 5.10 Å². The SMILES string of the molecule is CC(C)CN1C[C@H](C(=O)Nc2cnc3c(cnn3C(C)C)c2)CC1=O. The first kappa shape index (κ1) is 17.4. The highest BCUT2D eigenvalue weighted by molar-refractivity contribution is 5.98. The Bertz CT molecular complexity index is 796. The van der Waals surface area contributed by atoms with Crippen molar-refractivity contribution in [2.24, 2.45) is 11.8 Å². The smallest absolute Gasteiger partial charge is 0.229 e. The van der Waals surface area contributed by atoms with E-state index in [4.69, 9.17) is 0 Å². The molecule has 2 amide bonds. The Hall–Kier alpha value is -2.44. The number of likely N-dealkylation sites (tertiary alicyclic amines) is 1. The van der Waals surface area contributed by atoms with Crippen LogP contribution in [0.4, 0.5) is 5.69 Å². The molecule has 2 aromatic heterocycles. The monoisotopic (exact) mass is 343 g/mol. The molecule has 1 atom stereocenters. The van der Waals surface area contributed by atoms with E-state index in [1.54, 1.807) is 17.3 Å². The minimum atomic E-state index is -0.305. The molecule has 0 bridgehead atoms. The first-order chi connectivity index (χ1) is 11.8. The van der Waals surface area contributed by atoms with Crippen LogP contribution in [-0.4, -0.2) is 44.6 Å². The number of fused-ring (bicyclic) bond motifs is 1. The summed E-state index contributed by atoms with van der Waals surface area (Å²) in [5, 5.41) is 8.11. The summed E-state index contributed by atoms with van der Waals surface area (Å²) in [4.78, 5) is 30.7. The summed E-state index contributed by atoms with van der Waals surface area (Å²) in [7, 11) is 0. The van der Waals surface area contributed by atoms with Crippen molar-refractivity contribution < 1.29 is 9.59 Å². The normalized spacial score (nSPS) is 17.9. The van der Waals surface area contributed by atoms with Gasteiger partial charge in [0.05, 0.1) is 24.0 Å². The molecule has 134 valence electrons. The lowest BCUT2D eigenvalue weighted by Gasteiger charge is -2.18. The van der Waals surface area contributed by atoms with E-state index in [2.05, 4.69) is 29.2 Å². The summed E-state index contributed by atoms with van der Waals surface area (Å²) in [5.41, 5.74) is 1.43. The molecule has 3 rings (SSSR count). The second-order valence-corrected chi connectivity index (χ2v) is 7.40. The van der Waals surface area contributed by atoms with Crippen LogP contribution in [0.3, 0.4) is 0 Å². The van der Waals surface area contributed by atoms with E-state index in [9.17, 15) is 9.59 Å². The third-order valence-corrected chi connectivity index (χ3v) is 4.36. The molecule has 1 aliphatic rings. The van der Waals surface area contributed by atoms with Gasteiger partial charge in [-0.15, -0.1) is 0 Å². The van der Waals surface area contributed by atoms with Crippen molar-refractivity contribution in [2.75, 3.05) is 18.4 Å². The Morgan fingerprint density at radius 1 is 1.32 bits per heavy atom. The molecule has 0 aromatic carbocycles. The van der Waals surface area contributed by atoms with E-state index in [1.165, 1.54) is 0 Å². The number of carbonyl (C=O) groups is 2. The Morgan fingerprint density at radius 3 is 2.76 bits per heavy atom. The van der Waals surface area contributed by atoms with Crippen LogP contribution in [0.25, 0.3) is 11.0 Å². The molecule has 0 radical (unpaired) electrons. The lowest BCUT2D eigenvalue weighted by molar-refractivity contribution is -0.128. The lowest BCUT2D eigenvalue weighted by Crippen LogP contribution is -2.31. The number of aromatic nitrogens is 3. The number of rotatable bonds is 5. The van der Waals surface area contributed by atoms with Gasteiger partial charge in [0.1, 0.15) is 0 Å². The topological polar surface area (TPSA) is 80.1 Å². The number of hydrogen-bond acceptors (Lipinski definition) is 4. The van der Waals surface area contributed by atoms with Crippen molar-refractivity contribution in [3.8, 4) is 0 Å². The fraction of sp³-hybridized carbons (Fsp3) is 0.556. The van der Waals surface area contributed by atoms with Crippen molar-refractivity contribution in [1.29, 1.82) is 0 Å². The number of carbonyl (C=O) groups excluding carboxylic acids is 2. The van der Waals surface area contributed by atoms with Crippen LogP contribution in [0, 0.1) is 11.8 Å². The second-order valence-electron chi connectivity index (χ2n) is 7.40. The Morgan fingerprint density at radius 2 is 2.08 bits per heavy atom. The van der Waals surface area contributed by atoms with Gasteiger partial charge in [-0.1, -0.05) is 13.8 Å². The summed E-state index contributed by atoms with van der Waals surface area (Å²) < 4.78 is 1.85. The Kier molecular flexibility index (Phi) is 4.74. The zero-order valence-corrected chi connectivity index (χ0v) is 15.2. The van der Waals surface area contributed by atoms with Crippen LogP contribution in [0.15, 0.2) is 18.5 Å². The number of nitrogens with zero attached hydrogens (tertiary/aromatic N) is 4. The molecule has 0 spiro atoms. The van der Waals surface area contributed by atoms with Crippen LogP contribution < -0.4 is 5.32 Å². The van der Waals surface area contributed by atoms with Gasteiger partial charge < -0.3 is 10.2 Å². The maximum absolute atomic E-state index is 12.5. The molecule has 1 N–H and O–H groups in total. The number of amides is 2. The molecule has 1 saturated heterocycles. The van der Waals surface area contributed by atoms with Crippen LogP contribution in [-0.2, 0) is 9.59 Å². The average Bonchev–Trinajstić information content (AvgIpc) is 3.10. The van der Waals surface area contributed by atoms with E-state index in [0.29, 0.717) is 24.7 Å². The molecule has 0 saturated carbocycles. The van der Waals surface area contributed by atoms with Crippen molar-refractivity contribution in [3.05, 3.63) is 18.5 Å². The van der Waals surface area contributed by atoms with Gasteiger partial charge in [0.2, 0.25) is 11.8 Å². The van der Waals surface area contributed by atoms with Gasteiger partial charge in [-0.25, -0.2) is 9.67 Å². The summed E-state index contributed by atoms with van der Waals surface area (Å²) >= 11 is 0. The van der Waals surface area contributed by atoms with Crippen molar-refractivity contribution >= 4 is 28.5 Å².